The predicted octanol–water partition coefficient (Wildman–Crippen LogP) is 2.24. The van der Waals surface area contributed by atoms with Crippen molar-refractivity contribution in [2.24, 2.45) is 0 Å². The Kier molecular flexibility index (Phi) is 9.89. The molecular formula is C9H19O3P. The van der Waals surface area contributed by atoms with Crippen molar-refractivity contribution in [1.82, 2.24) is 0 Å². The van der Waals surface area contributed by atoms with Gasteiger partial charge in [0.15, 0.2) is 0 Å². The molecule has 0 heterocycles. The summed E-state index contributed by atoms with van der Waals surface area (Å²) in [5.74, 6) is 0. The Balaban J connectivity index is 3.04. The second kappa shape index (κ2) is 9.97. The first-order valence-electron chi connectivity index (χ1n) is 4.85. The summed E-state index contributed by atoms with van der Waals surface area (Å²) in [6, 6.07) is 0. The van der Waals surface area contributed by atoms with Crippen LogP contribution in [-0.2, 0) is 4.57 Å². The number of rotatable bonds is 8. The van der Waals surface area contributed by atoms with E-state index in [1.54, 1.807) is 0 Å². The lowest BCUT2D eigenvalue weighted by molar-refractivity contribution is 0.282. The third kappa shape index (κ3) is 9.81. The standard InChI is InChI=1S/C9H19O3P/c10-8-6-4-2-1-3-5-7-9(11)13-12/h10-11,13H,1-8H2. The quantitative estimate of drug-likeness (QED) is 0.473. The summed E-state index contributed by atoms with van der Waals surface area (Å²) >= 11 is 0. The normalized spacial score (nSPS) is 10.6. The van der Waals surface area contributed by atoms with Crippen molar-refractivity contribution >= 4 is 13.6 Å². The Morgan fingerprint density at radius 2 is 1.54 bits per heavy atom. The molecule has 0 saturated carbocycles. The van der Waals surface area contributed by atoms with Crippen molar-refractivity contribution in [3.63, 3.8) is 0 Å². The Morgan fingerprint density at radius 3 is 2.08 bits per heavy atom. The van der Waals surface area contributed by atoms with Crippen molar-refractivity contribution < 1.29 is 14.8 Å². The lowest BCUT2D eigenvalue weighted by Gasteiger charge is -1.99. The number of aliphatic hydroxyl groups excluding tert-OH is 2. The molecule has 3 nitrogen and oxygen atoms in total. The molecule has 0 saturated heterocycles. The Morgan fingerprint density at radius 1 is 1.00 bits per heavy atom. The van der Waals surface area contributed by atoms with Crippen LogP contribution in [0.2, 0.25) is 0 Å². The first kappa shape index (κ1) is 12.9. The van der Waals surface area contributed by atoms with Crippen molar-refractivity contribution in [3.8, 4) is 0 Å². The molecule has 0 fully saturated rings. The monoisotopic (exact) mass is 206 g/mol. The zero-order valence-electron chi connectivity index (χ0n) is 7.96. The van der Waals surface area contributed by atoms with Crippen LogP contribution in [0.15, 0.2) is 0 Å². The highest BCUT2D eigenvalue weighted by molar-refractivity contribution is 7.26. The molecule has 0 aliphatic carbocycles. The zero-order chi connectivity index (χ0) is 9.94. The third-order valence-electron chi connectivity index (χ3n) is 1.94. The van der Waals surface area contributed by atoms with Crippen molar-refractivity contribution in [2.75, 3.05) is 6.61 Å². The number of hydrogen-bond acceptors (Lipinski definition) is 2. The van der Waals surface area contributed by atoms with E-state index in [4.69, 9.17) is 10.2 Å². The largest absolute Gasteiger partial charge is 0.396 e. The minimum atomic E-state index is -0.667. The van der Waals surface area contributed by atoms with E-state index in [-0.39, 0.29) is 12.1 Å². The molecule has 0 aromatic heterocycles. The summed E-state index contributed by atoms with van der Waals surface area (Å²) < 4.78 is 10.1. The van der Waals surface area contributed by atoms with Gasteiger partial charge in [-0.2, -0.15) is 0 Å². The molecular weight excluding hydrogens is 187 g/mol. The van der Waals surface area contributed by atoms with Gasteiger partial charge in [0.05, 0.1) is 0 Å². The van der Waals surface area contributed by atoms with Gasteiger partial charge >= 0.3 is 0 Å². The summed E-state index contributed by atoms with van der Waals surface area (Å²) in [6.45, 7) is 0.284. The molecule has 2 N–H and O–H groups in total. The maximum atomic E-state index is 10.1. The minimum absolute atomic E-state index is 0.107. The fourth-order valence-corrected chi connectivity index (χ4v) is 1.44. The van der Waals surface area contributed by atoms with Crippen LogP contribution in [0, 0.1) is 0 Å². The van der Waals surface area contributed by atoms with Crippen molar-refractivity contribution in [3.05, 3.63) is 0 Å². The molecule has 1 unspecified atom stereocenters. The molecule has 0 aromatic carbocycles. The zero-order valence-corrected chi connectivity index (χ0v) is 8.96. The third-order valence-corrected chi connectivity index (χ3v) is 2.43. The maximum absolute atomic E-state index is 10.1. The fourth-order valence-electron chi connectivity index (χ4n) is 1.16. The van der Waals surface area contributed by atoms with E-state index in [1.165, 1.54) is 0 Å². The lowest BCUT2D eigenvalue weighted by Crippen LogP contribution is -1.90. The van der Waals surface area contributed by atoms with Crippen LogP contribution >= 0.6 is 8.08 Å². The highest BCUT2D eigenvalue weighted by atomic mass is 31.0. The minimum Gasteiger partial charge on any atom is -0.396 e. The molecule has 0 amide bonds. The van der Waals surface area contributed by atoms with Gasteiger partial charge in [0, 0.05) is 13.0 Å². The first-order valence-corrected chi connectivity index (χ1v) is 5.76. The van der Waals surface area contributed by atoms with Crippen LogP contribution in [0.1, 0.15) is 44.9 Å². The molecule has 0 aromatic rings. The van der Waals surface area contributed by atoms with Gasteiger partial charge in [0.25, 0.3) is 0 Å². The SMILES string of the molecule is O=[PH]=C(O)CCCCCCCCO. The highest BCUT2D eigenvalue weighted by Crippen LogP contribution is 2.07. The Hall–Kier alpha value is -0.110. The van der Waals surface area contributed by atoms with E-state index in [0.29, 0.717) is 6.42 Å². The van der Waals surface area contributed by atoms with Gasteiger partial charge in [0.2, 0.25) is 0 Å². The summed E-state index contributed by atoms with van der Waals surface area (Å²) in [6.07, 6.45) is 6.80. The number of unbranched alkanes of at least 4 members (excludes halogenated alkanes) is 5. The van der Waals surface area contributed by atoms with Crippen molar-refractivity contribution in [1.29, 1.82) is 0 Å². The molecule has 4 heteroatoms. The van der Waals surface area contributed by atoms with Gasteiger partial charge in [-0.25, -0.2) is 0 Å². The van der Waals surface area contributed by atoms with E-state index in [0.717, 1.165) is 38.5 Å². The number of aliphatic hydroxyl groups is 2. The van der Waals surface area contributed by atoms with Gasteiger partial charge in [-0.1, -0.05) is 25.7 Å². The molecule has 0 radical (unpaired) electrons. The topological polar surface area (TPSA) is 57.5 Å². The average Bonchev–Trinajstić information content (AvgIpc) is 2.16. The molecule has 0 bridgehead atoms. The van der Waals surface area contributed by atoms with E-state index >= 15 is 0 Å². The van der Waals surface area contributed by atoms with E-state index in [2.05, 4.69) is 0 Å². The van der Waals surface area contributed by atoms with Crippen LogP contribution in [-0.4, -0.2) is 22.3 Å². The molecule has 0 aliphatic heterocycles. The van der Waals surface area contributed by atoms with Crippen LogP contribution in [0.5, 0.6) is 0 Å². The van der Waals surface area contributed by atoms with Crippen molar-refractivity contribution in [2.45, 2.75) is 44.9 Å². The van der Waals surface area contributed by atoms with Gasteiger partial charge < -0.3 is 10.2 Å². The molecule has 0 spiro atoms. The van der Waals surface area contributed by atoms with E-state index < -0.39 is 8.08 Å². The van der Waals surface area contributed by atoms with E-state index in [9.17, 15) is 4.57 Å². The number of hydrogen-bond donors (Lipinski definition) is 2. The smallest absolute Gasteiger partial charge is 0.109 e. The van der Waals surface area contributed by atoms with Gasteiger partial charge in [-0.15, -0.1) is 0 Å². The summed E-state index contributed by atoms with van der Waals surface area (Å²) in [7, 11) is -0.667. The summed E-state index contributed by atoms with van der Waals surface area (Å²) in [5.41, 5.74) is 0.107. The van der Waals surface area contributed by atoms with Crippen LogP contribution < -0.4 is 0 Å². The second-order valence-electron chi connectivity index (χ2n) is 3.14. The van der Waals surface area contributed by atoms with E-state index in [1.807, 2.05) is 0 Å². The molecule has 78 valence electrons. The predicted molar refractivity (Wildman–Crippen MR) is 55.3 cm³/mol. The van der Waals surface area contributed by atoms with Crippen LogP contribution in [0.25, 0.3) is 0 Å². The average molecular weight is 206 g/mol. The highest BCUT2D eigenvalue weighted by Gasteiger charge is 1.93. The Bertz CT molecular complexity index is 164. The van der Waals surface area contributed by atoms with Crippen LogP contribution in [0.4, 0.5) is 0 Å². The van der Waals surface area contributed by atoms with Gasteiger partial charge in [-0.05, 0) is 12.8 Å². The van der Waals surface area contributed by atoms with Crippen LogP contribution in [0.3, 0.4) is 0 Å². The molecule has 0 rings (SSSR count). The Labute approximate surface area is 80.6 Å². The second-order valence-corrected chi connectivity index (χ2v) is 3.92. The molecule has 1 atom stereocenters. The van der Waals surface area contributed by atoms with Gasteiger partial charge in [-0.3, -0.25) is 4.57 Å². The first-order chi connectivity index (χ1) is 6.31. The van der Waals surface area contributed by atoms with Gasteiger partial charge in [0.1, 0.15) is 13.6 Å². The maximum Gasteiger partial charge on any atom is 0.109 e. The molecule has 13 heavy (non-hydrogen) atoms. The summed E-state index contributed by atoms with van der Waals surface area (Å²) in [5, 5.41) is 17.4. The fraction of sp³-hybridized carbons (Fsp3) is 0.889. The summed E-state index contributed by atoms with van der Waals surface area (Å²) in [4.78, 5) is 0. The molecule has 0 aliphatic rings. The lowest BCUT2D eigenvalue weighted by atomic mass is 10.1.